The van der Waals surface area contributed by atoms with Gasteiger partial charge in [-0.25, -0.2) is 0 Å². The van der Waals surface area contributed by atoms with Gasteiger partial charge in [0.05, 0.1) is 13.0 Å². The molecule has 1 aliphatic heterocycles. The van der Waals surface area contributed by atoms with Crippen molar-refractivity contribution in [3.05, 3.63) is 0 Å². The molecule has 20 heavy (non-hydrogen) atoms. The number of carbonyl (C=O) groups is 3. The average molecular weight is 282 g/mol. The van der Waals surface area contributed by atoms with Crippen molar-refractivity contribution < 1.29 is 19.1 Å². The molecule has 0 spiro atoms. The van der Waals surface area contributed by atoms with Gasteiger partial charge < -0.3 is 14.5 Å². The van der Waals surface area contributed by atoms with Gasteiger partial charge in [-0.1, -0.05) is 0 Å². The van der Waals surface area contributed by atoms with Crippen LogP contribution in [0.2, 0.25) is 0 Å². The van der Waals surface area contributed by atoms with Gasteiger partial charge in [-0.3, -0.25) is 14.4 Å². The van der Waals surface area contributed by atoms with Gasteiger partial charge in [0.15, 0.2) is 0 Å². The molecule has 1 atom stereocenters. The summed E-state index contributed by atoms with van der Waals surface area (Å²) in [5.74, 6) is -0.819. The molecule has 0 radical (unpaired) electrons. The molecule has 1 heterocycles. The molecule has 2 amide bonds. The third kappa shape index (κ3) is 3.11. The lowest BCUT2D eigenvalue weighted by molar-refractivity contribution is -0.149. The Bertz CT molecular complexity index is 417. The van der Waals surface area contributed by atoms with Gasteiger partial charge in [0, 0.05) is 25.0 Å². The number of nitrogens with zero attached hydrogens (tertiary/aromatic N) is 2. The molecule has 1 saturated carbocycles. The normalized spacial score (nSPS) is 22.3. The number of hydrogen-bond donors (Lipinski definition) is 0. The smallest absolute Gasteiger partial charge is 0.325 e. The molecule has 1 aliphatic carbocycles. The predicted molar refractivity (Wildman–Crippen MR) is 71.7 cm³/mol. The second kappa shape index (κ2) is 5.81. The second-order valence-corrected chi connectivity index (χ2v) is 5.81. The van der Waals surface area contributed by atoms with E-state index in [-0.39, 0.29) is 36.7 Å². The molecule has 6 nitrogen and oxygen atoms in total. The summed E-state index contributed by atoms with van der Waals surface area (Å²) >= 11 is 0. The van der Waals surface area contributed by atoms with E-state index < -0.39 is 5.97 Å². The van der Waals surface area contributed by atoms with Crippen molar-refractivity contribution in [3.63, 3.8) is 0 Å². The fourth-order valence-corrected chi connectivity index (χ4v) is 2.59. The standard InChI is InChI=1S/C14H22N2O4/c1-9(2)15(8-13(18)20-3)14(19)10-6-12(17)16(7-10)11-4-5-11/h9-11H,4-8H2,1-3H3. The van der Waals surface area contributed by atoms with Crippen LogP contribution in [-0.4, -0.2) is 59.9 Å². The minimum absolute atomic E-state index is 0.0544. The van der Waals surface area contributed by atoms with E-state index in [1.807, 2.05) is 18.7 Å². The van der Waals surface area contributed by atoms with E-state index in [4.69, 9.17) is 0 Å². The summed E-state index contributed by atoms with van der Waals surface area (Å²) in [7, 11) is 1.30. The summed E-state index contributed by atoms with van der Waals surface area (Å²) in [5.41, 5.74) is 0. The number of methoxy groups -OCH3 is 1. The number of esters is 1. The number of ether oxygens (including phenoxy) is 1. The van der Waals surface area contributed by atoms with Gasteiger partial charge in [-0.05, 0) is 26.7 Å². The molecular weight excluding hydrogens is 260 g/mol. The van der Waals surface area contributed by atoms with Crippen LogP contribution in [0.1, 0.15) is 33.1 Å². The van der Waals surface area contributed by atoms with Crippen molar-refractivity contribution >= 4 is 17.8 Å². The van der Waals surface area contributed by atoms with Crippen LogP contribution >= 0.6 is 0 Å². The van der Waals surface area contributed by atoms with E-state index in [1.165, 1.54) is 12.0 Å². The topological polar surface area (TPSA) is 66.9 Å². The zero-order valence-electron chi connectivity index (χ0n) is 12.3. The Balaban J connectivity index is 2.00. The van der Waals surface area contributed by atoms with E-state index in [9.17, 15) is 14.4 Å². The summed E-state index contributed by atoms with van der Waals surface area (Å²) in [6, 6.07) is 0.250. The molecule has 0 aromatic carbocycles. The van der Waals surface area contributed by atoms with Crippen LogP contribution in [0.15, 0.2) is 0 Å². The fourth-order valence-electron chi connectivity index (χ4n) is 2.59. The number of hydrogen-bond acceptors (Lipinski definition) is 4. The molecule has 2 rings (SSSR count). The van der Waals surface area contributed by atoms with Crippen LogP contribution in [0.3, 0.4) is 0 Å². The van der Waals surface area contributed by atoms with E-state index >= 15 is 0 Å². The van der Waals surface area contributed by atoms with Crippen LogP contribution in [0.25, 0.3) is 0 Å². The quantitative estimate of drug-likeness (QED) is 0.685. The largest absolute Gasteiger partial charge is 0.468 e. The maximum atomic E-state index is 12.5. The first-order valence-corrected chi connectivity index (χ1v) is 7.10. The minimum Gasteiger partial charge on any atom is -0.468 e. The average Bonchev–Trinajstić information content (AvgIpc) is 3.17. The van der Waals surface area contributed by atoms with Crippen molar-refractivity contribution in [1.29, 1.82) is 0 Å². The van der Waals surface area contributed by atoms with Crippen LogP contribution in [0.5, 0.6) is 0 Å². The van der Waals surface area contributed by atoms with Gasteiger partial charge in [-0.15, -0.1) is 0 Å². The second-order valence-electron chi connectivity index (χ2n) is 5.81. The maximum Gasteiger partial charge on any atom is 0.325 e. The minimum atomic E-state index is -0.435. The van der Waals surface area contributed by atoms with Crippen molar-refractivity contribution in [2.45, 2.75) is 45.2 Å². The lowest BCUT2D eigenvalue weighted by Crippen LogP contribution is -2.44. The van der Waals surface area contributed by atoms with E-state index in [0.29, 0.717) is 12.6 Å². The molecule has 0 N–H and O–H groups in total. The number of rotatable bonds is 5. The lowest BCUT2D eigenvalue weighted by Gasteiger charge is -2.28. The number of likely N-dealkylation sites (tertiary alicyclic amines) is 1. The highest BCUT2D eigenvalue weighted by Crippen LogP contribution is 2.33. The number of amides is 2. The zero-order chi connectivity index (χ0) is 14.9. The Hall–Kier alpha value is -1.59. The van der Waals surface area contributed by atoms with Gasteiger partial charge >= 0.3 is 5.97 Å². The Morgan fingerprint density at radius 2 is 2.05 bits per heavy atom. The van der Waals surface area contributed by atoms with Crippen molar-refractivity contribution in [2.75, 3.05) is 20.2 Å². The fraction of sp³-hybridized carbons (Fsp3) is 0.786. The van der Waals surface area contributed by atoms with Crippen LogP contribution in [0, 0.1) is 5.92 Å². The first kappa shape index (κ1) is 14.8. The van der Waals surface area contributed by atoms with Gasteiger partial charge in [-0.2, -0.15) is 0 Å². The lowest BCUT2D eigenvalue weighted by atomic mass is 10.1. The van der Waals surface area contributed by atoms with Gasteiger partial charge in [0.25, 0.3) is 0 Å². The molecule has 0 aromatic heterocycles. The molecular formula is C14H22N2O4. The summed E-state index contributed by atoms with van der Waals surface area (Å²) in [6.45, 7) is 4.15. The Morgan fingerprint density at radius 1 is 1.40 bits per heavy atom. The highest BCUT2D eigenvalue weighted by molar-refractivity contribution is 5.91. The summed E-state index contributed by atoms with van der Waals surface area (Å²) in [4.78, 5) is 39.1. The summed E-state index contributed by atoms with van der Waals surface area (Å²) in [6.07, 6.45) is 2.35. The third-order valence-corrected chi connectivity index (χ3v) is 3.93. The van der Waals surface area contributed by atoms with Crippen molar-refractivity contribution in [3.8, 4) is 0 Å². The highest BCUT2D eigenvalue weighted by atomic mass is 16.5. The molecule has 0 bridgehead atoms. The van der Waals surface area contributed by atoms with Crippen molar-refractivity contribution in [1.82, 2.24) is 9.80 Å². The zero-order valence-corrected chi connectivity index (χ0v) is 12.3. The van der Waals surface area contributed by atoms with Gasteiger partial charge in [0.1, 0.15) is 6.54 Å². The van der Waals surface area contributed by atoms with Crippen LogP contribution in [-0.2, 0) is 19.1 Å². The van der Waals surface area contributed by atoms with Crippen LogP contribution in [0.4, 0.5) is 0 Å². The Kier molecular flexibility index (Phi) is 4.30. The Morgan fingerprint density at radius 3 is 2.55 bits per heavy atom. The summed E-state index contributed by atoms with van der Waals surface area (Å²) < 4.78 is 4.62. The third-order valence-electron chi connectivity index (χ3n) is 3.93. The molecule has 6 heteroatoms. The molecule has 112 valence electrons. The van der Waals surface area contributed by atoms with E-state index in [2.05, 4.69) is 4.74 Å². The number of carbonyl (C=O) groups excluding carboxylic acids is 3. The predicted octanol–water partition coefficient (Wildman–Crippen LogP) is 0.407. The van der Waals surface area contributed by atoms with E-state index in [1.54, 1.807) is 0 Å². The molecule has 2 fully saturated rings. The van der Waals surface area contributed by atoms with Crippen LogP contribution < -0.4 is 0 Å². The molecule has 2 aliphatic rings. The first-order valence-electron chi connectivity index (χ1n) is 7.10. The molecule has 1 saturated heterocycles. The van der Waals surface area contributed by atoms with Gasteiger partial charge in [0.2, 0.25) is 11.8 Å². The summed E-state index contributed by atoms with van der Waals surface area (Å²) in [5, 5.41) is 0. The monoisotopic (exact) mass is 282 g/mol. The SMILES string of the molecule is COC(=O)CN(C(=O)C1CC(=O)N(C2CC2)C1)C(C)C. The highest BCUT2D eigenvalue weighted by Gasteiger charge is 2.43. The first-order chi connectivity index (χ1) is 9.43. The Labute approximate surface area is 119 Å². The molecule has 0 aromatic rings. The van der Waals surface area contributed by atoms with Crippen molar-refractivity contribution in [2.24, 2.45) is 5.92 Å². The molecule has 1 unspecified atom stereocenters. The van der Waals surface area contributed by atoms with E-state index in [0.717, 1.165) is 12.8 Å². The maximum absolute atomic E-state index is 12.5.